The Labute approximate surface area is 133 Å². The molecule has 3 rings (SSSR count). The average molecular weight is 346 g/mol. The number of halogens is 1. The molecule has 24 heavy (non-hydrogen) atoms. The first-order valence-corrected chi connectivity index (χ1v) is 6.66. The largest absolute Gasteiger partial charge is 0.509 e. The first-order valence-electron chi connectivity index (χ1n) is 7.16. The third-order valence-corrected chi connectivity index (χ3v) is 3.44. The minimum absolute atomic E-state index is 0.594. The summed E-state index contributed by atoms with van der Waals surface area (Å²) in [6.45, 7) is -0.952. The summed E-state index contributed by atoms with van der Waals surface area (Å²) in [5, 5.41) is 2.10. The van der Waals surface area contributed by atoms with Gasteiger partial charge in [-0.3, -0.25) is 14.3 Å². The highest BCUT2D eigenvalue weighted by Crippen LogP contribution is 2.44. The van der Waals surface area contributed by atoms with Gasteiger partial charge < -0.3 is 24.3 Å². The van der Waals surface area contributed by atoms with Gasteiger partial charge in [0.15, 0.2) is 18.9 Å². The van der Waals surface area contributed by atoms with Crippen LogP contribution in [0.2, 0.25) is 0 Å². The Morgan fingerprint density at radius 1 is 1.54 bits per heavy atom. The number of H-pyrrole nitrogens is 1. The van der Waals surface area contributed by atoms with Gasteiger partial charge in [-0.2, -0.15) is 0 Å². The molecule has 12 heteroatoms. The van der Waals surface area contributed by atoms with E-state index < -0.39 is 60.4 Å². The first-order chi connectivity index (χ1) is 11.7. The Morgan fingerprint density at radius 3 is 3.00 bits per heavy atom. The Kier molecular flexibility index (Phi) is 3.45. The zero-order valence-corrected chi connectivity index (χ0v) is 12.1. The van der Waals surface area contributed by atoms with Crippen LogP contribution < -0.4 is 16.6 Å². The van der Waals surface area contributed by atoms with E-state index in [1.54, 1.807) is 0 Å². The summed E-state index contributed by atoms with van der Waals surface area (Å²) in [7, 11) is 1.25. The molecule has 0 radical (unpaired) electrons. The van der Waals surface area contributed by atoms with Gasteiger partial charge >= 0.3 is 17.9 Å². The number of aromatic nitrogens is 2. The normalized spacial score (nSPS) is 31.7. The summed E-state index contributed by atoms with van der Waals surface area (Å²) in [5.74, 6) is -2.80. The second-order valence-corrected chi connectivity index (χ2v) is 4.93. The van der Waals surface area contributed by atoms with Crippen LogP contribution in [0.4, 0.5) is 14.0 Å². The summed E-state index contributed by atoms with van der Waals surface area (Å²) in [4.78, 5) is 47.5. The maximum absolute atomic E-state index is 15.1. The van der Waals surface area contributed by atoms with Gasteiger partial charge in [-0.05, 0) is 0 Å². The molecule has 1 aromatic rings. The quantitative estimate of drug-likeness (QED) is 0.664. The molecule has 0 spiro atoms. The molecule has 1 amide bonds. The Bertz CT molecular complexity index is 840. The van der Waals surface area contributed by atoms with Crippen molar-refractivity contribution < 1.29 is 34.3 Å². The number of aromatic amines is 1. The number of alkyl carbamates (subject to hydrolysis) is 1. The molecule has 3 heterocycles. The van der Waals surface area contributed by atoms with E-state index in [4.69, 9.17) is 15.6 Å². The smallest absolute Gasteiger partial charge is 0.443 e. The second kappa shape index (κ2) is 5.63. The number of amides is 1. The lowest BCUT2D eigenvalue weighted by Crippen LogP contribution is -2.43. The van der Waals surface area contributed by atoms with Crippen LogP contribution in [0.5, 0.6) is 0 Å². The second-order valence-electron chi connectivity index (χ2n) is 4.93. The van der Waals surface area contributed by atoms with Crippen LogP contribution in [0.3, 0.4) is 0 Å². The van der Waals surface area contributed by atoms with Crippen molar-refractivity contribution >= 4 is 12.2 Å². The van der Waals surface area contributed by atoms with Gasteiger partial charge in [0.2, 0.25) is 6.10 Å². The first kappa shape index (κ1) is 14.7. The zero-order valence-electron chi connectivity index (χ0n) is 13.1. The molecule has 2 fully saturated rings. The van der Waals surface area contributed by atoms with Crippen molar-refractivity contribution in [2.75, 3.05) is 13.7 Å². The van der Waals surface area contributed by atoms with Gasteiger partial charge in [0.05, 0.1) is 1.37 Å². The molecular weight excluding hydrogens is 333 g/mol. The summed E-state index contributed by atoms with van der Waals surface area (Å²) >= 11 is 0. The Morgan fingerprint density at radius 2 is 2.29 bits per heavy atom. The van der Waals surface area contributed by atoms with Gasteiger partial charge in [0.1, 0.15) is 0 Å². The molecule has 0 unspecified atom stereocenters. The standard InChI is InChI=1S/C12H12FN3O8/c1-14-10(19)21-4-12(13)7-6(22-11(20)23-7)8(24-12)16-3-2-5(17)15-9(16)18/h2-3,6-8H,4H2,1H3,(H,14,19)(H,15,17,18)/t6-,7+,8-,12-/m1/s1/i2D. The summed E-state index contributed by atoms with van der Waals surface area (Å²) in [6.07, 6.45) is -5.91. The minimum atomic E-state index is -2.80. The van der Waals surface area contributed by atoms with Crippen LogP contribution in [0.25, 0.3) is 0 Å². The fraction of sp³-hybridized carbons (Fsp3) is 0.500. The van der Waals surface area contributed by atoms with Gasteiger partial charge in [-0.25, -0.2) is 18.8 Å². The lowest BCUT2D eigenvalue weighted by molar-refractivity contribution is -0.210. The average Bonchev–Trinajstić information content (AvgIpc) is 3.07. The highest BCUT2D eigenvalue weighted by molar-refractivity contribution is 5.66. The minimum Gasteiger partial charge on any atom is -0.443 e. The van der Waals surface area contributed by atoms with E-state index in [0.29, 0.717) is 4.57 Å². The van der Waals surface area contributed by atoms with Crippen molar-refractivity contribution in [3.05, 3.63) is 33.1 Å². The molecule has 2 N–H and O–H groups in total. The number of nitrogens with zero attached hydrogens (tertiary/aromatic N) is 1. The maximum atomic E-state index is 15.1. The van der Waals surface area contributed by atoms with Crippen LogP contribution in [-0.4, -0.2) is 53.5 Å². The molecule has 0 bridgehead atoms. The number of carbonyl (C=O) groups excluding carboxylic acids is 2. The SMILES string of the molecule is [2H]c1cn([C@@H]2O[C@](F)(COC(=O)NC)[C@H]3OC(=O)O[C@@H]23)c(=O)[nH]c1=O. The van der Waals surface area contributed by atoms with Crippen molar-refractivity contribution in [1.82, 2.24) is 14.9 Å². The van der Waals surface area contributed by atoms with E-state index in [0.717, 1.165) is 6.20 Å². The fourth-order valence-corrected chi connectivity index (χ4v) is 2.39. The maximum Gasteiger partial charge on any atom is 0.509 e. The lowest BCUT2D eigenvalue weighted by Gasteiger charge is -2.23. The number of hydrogen-bond donors (Lipinski definition) is 2. The molecule has 4 atom stereocenters. The summed E-state index contributed by atoms with van der Waals surface area (Å²) in [5.41, 5.74) is -1.96. The summed E-state index contributed by atoms with van der Waals surface area (Å²) in [6, 6.07) is -0.594. The molecular formula is C12H12FN3O8. The third kappa shape index (κ3) is 2.60. The fourth-order valence-electron chi connectivity index (χ4n) is 2.39. The molecule has 0 saturated carbocycles. The van der Waals surface area contributed by atoms with Gasteiger partial charge in [0.25, 0.3) is 11.4 Å². The topological polar surface area (TPSA) is 138 Å². The van der Waals surface area contributed by atoms with Crippen molar-refractivity contribution in [1.29, 1.82) is 0 Å². The van der Waals surface area contributed by atoms with Crippen LogP contribution in [0, 0.1) is 0 Å². The van der Waals surface area contributed by atoms with Gasteiger partial charge in [-0.15, -0.1) is 0 Å². The number of hydrogen-bond acceptors (Lipinski definition) is 8. The number of rotatable bonds is 3. The number of fused-ring (bicyclic) bond motifs is 1. The molecule has 2 aliphatic rings. The highest BCUT2D eigenvalue weighted by Gasteiger charge is 2.65. The lowest BCUT2D eigenvalue weighted by atomic mass is 10.1. The predicted octanol–water partition coefficient (Wildman–Crippen LogP) is -1.01. The number of nitrogens with one attached hydrogen (secondary N) is 2. The molecule has 2 aliphatic heterocycles. The molecule has 1 aromatic heterocycles. The summed E-state index contributed by atoms with van der Waals surface area (Å²) < 4.78 is 42.4. The van der Waals surface area contributed by atoms with Crippen molar-refractivity contribution in [3.63, 3.8) is 0 Å². The monoisotopic (exact) mass is 346 g/mol. The third-order valence-electron chi connectivity index (χ3n) is 3.44. The Hall–Kier alpha value is -2.89. The van der Waals surface area contributed by atoms with Crippen molar-refractivity contribution in [2.24, 2.45) is 0 Å². The van der Waals surface area contributed by atoms with Crippen LogP contribution in [0.15, 0.2) is 21.8 Å². The number of ether oxygens (including phenoxy) is 4. The van der Waals surface area contributed by atoms with E-state index in [2.05, 4.69) is 10.1 Å². The van der Waals surface area contributed by atoms with E-state index in [-0.39, 0.29) is 0 Å². The number of carbonyl (C=O) groups is 2. The molecule has 130 valence electrons. The highest BCUT2D eigenvalue weighted by atomic mass is 19.2. The molecule has 0 aliphatic carbocycles. The van der Waals surface area contributed by atoms with Gasteiger partial charge in [-0.1, -0.05) is 0 Å². The van der Waals surface area contributed by atoms with Crippen LogP contribution in [-0.2, 0) is 18.9 Å². The predicted molar refractivity (Wildman–Crippen MR) is 70.8 cm³/mol. The van der Waals surface area contributed by atoms with Gasteiger partial charge in [0, 0.05) is 19.3 Å². The van der Waals surface area contributed by atoms with Crippen LogP contribution >= 0.6 is 0 Å². The number of alkyl halides is 1. The van der Waals surface area contributed by atoms with Crippen LogP contribution in [0.1, 0.15) is 7.60 Å². The molecule has 0 aromatic carbocycles. The zero-order chi connectivity index (χ0) is 18.4. The molecule has 11 nitrogen and oxygen atoms in total. The van der Waals surface area contributed by atoms with Crippen molar-refractivity contribution in [3.8, 4) is 0 Å². The van der Waals surface area contributed by atoms with Crippen molar-refractivity contribution in [2.45, 2.75) is 24.3 Å². The van der Waals surface area contributed by atoms with E-state index in [1.165, 1.54) is 7.05 Å². The Balaban J connectivity index is 1.95. The molecule has 2 saturated heterocycles. The van der Waals surface area contributed by atoms with E-state index in [1.807, 2.05) is 4.98 Å². The van der Waals surface area contributed by atoms with E-state index in [9.17, 15) is 19.2 Å². The van der Waals surface area contributed by atoms with E-state index >= 15 is 4.39 Å².